The Bertz CT molecular complexity index is 1350. The standard InChI is InChI=1S/C27H33N7O4/c1-17-6-3-7-18-8-4-10-20(21(17)18)29-25(35)23-22(28)24(33-12-14-34(15-13-33)27(36)37)31-26(30-23)38-16-19-9-5-11-32(19)2/h3-4,6-8,10,19H,5,9,11-16,28H2,1-2H3,(H,29,35)(H,36,37)/t19-/m0/s1. The summed E-state index contributed by atoms with van der Waals surface area (Å²) in [4.78, 5) is 39.4. The highest BCUT2D eigenvalue weighted by Crippen LogP contribution is 2.31. The minimum atomic E-state index is -0.963. The maximum atomic E-state index is 13.6. The van der Waals surface area contributed by atoms with Gasteiger partial charge in [0.05, 0.1) is 0 Å². The van der Waals surface area contributed by atoms with Crippen LogP contribution in [0.4, 0.5) is 22.0 Å². The molecule has 1 atom stereocenters. The van der Waals surface area contributed by atoms with Crippen molar-refractivity contribution < 1.29 is 19.4 Å². The Kier molecular flexibility index (Phi) is 7.19. The molecule has 2 aromatic carbocycles. The summed E-state index contributed by atoms with van der Waals surface area (Å²) in [6, 6.07) is 12.0. The third-order valence-electron chi connectivity index (χ3n) is 7.41. The van der Waals surface area contributed by atoms with Gasteiger partial charge in [-0.15, -0.1) is 0 Å². The van der Waals surface area contributed by atoms with Gasteiger partial charge in [-0.1, -0.05) is 30.3 Å². The van der Waals surface area contributed by atoms with Crippen molar-refractivity contribution in [3.63, 3.8) is 0 Å². The van der Waals surface area contributed by atoms with Crippen LogP contribution >= 0.6 is 0 Å². The van der Waals surface area contributed by atoms with Crippen LogP contribution in [0, 0.1) is 6.92 Å². The smallest absolute Gasteiger partial charge is 0.407 e. The number of ether oxygens (including phenoxy) is 1. The lowest BCUT2D eigenvalue weighted by Gasteiger charge is -2.34. The van der Waals surface area contributed by atoms with E-state index in [1.807, 2.05) is 48.2 Å². The number of amides is 2. The fourth-order valence-electron chi connectivity index (χ4n) is 5.20. The zero-order valence-corrected chi connectivity index (χ0v) is 21.7. The molecular weight excluding hydrogens is 486 g/mol. The third-order valence-corrected chi connectivity index (χ3v) is 7.41. The predicted molar refractivity (Wildman–Crippen MR) is 146 cm³/mol. The Hall–Kier alpha value is -4.12. The minimum Gasteiger partial charge on any atom is -0.465 e. The Morgan fingerprint density at radius 2 is 1.84 bits per heavy atom. The van der Waals surface area contributed by atoms with Crippen molar-refractivity contribution in [2.24, 2.45) is 0 Å². The lowest BCUT2D eigenvalue weighted by Crippen LogP contribution is -2.48. The summed E-state index contributed by atoms with van der Waals surface area (Å²) < 4.78 is 6.01. The highest BCUT2D eigenvalue weighted by Gasteiger charge is 2.28. The van der Waals surface area contributed by atoms with E-state index in [0.717, 1.165) is 35.7 Å². The molecule has 3 aromatic rings. The van der Waals surface area contributed by atoms with Gasteiger partial charge in [0.2, 0.25) is 0 Å². The quantitative estimate of drug-likeness (QED) is 0.449. The SMILES string of the molecule is Cc1cccc2cccc(NC(=O)c3nc(OC[C@@H]4CCCN4C)nc(N4CCN(C(=O)O)CC4)c3N)c12. The first-order chi connectivity index (χ1) is 18.3. The molecule has 3 heterocycles. The fraction of sp³-hybridized carbons (Fsp3) is 0.407. The van der Waals surface area contributed by atoms with Crippen molar-refractivity contribution in [3.05, 3.63) is 47.7 Å². The van der Waals surface area contributed by atoms with Gasteiger partial charge in [-0.2, -0.15) is 9.97 Å². The largest absolute Gasteiger partial charge is 0.465 e. The van der Waals surface area contributed by atoms with E-state index >= 15 is 0 Å². The van der Waals surface area contributed by atoms with Crippen LogP contribution in [0.3, 0.4) is 0 Å². The van der Waals surface area contributed by atoms with E-state index in [1.54, 1.807) is 0 Å². The first-order valence-electron chi connectivity index (χ1n) is 12.8. The average molecular weight is 520 g/mol. The molecule has 4 N–H and O–H groups in total. The number of nitrogens with one attached hydrogen (secondary N) is 1. The van der Waals surface area contributed by atoms with E-state index in [1.165, 1.54) is 4.90 Å². The molecule has 38 heavy (non-hydrogen) atoms. The monoisotopic (exact) mass is 519 g/mol. The molecular formula is C27H33N7O4. The molecule has 5 rings (SSSR count). The molecule has 0 saturated carbocycles. The van der Waals surface area contributed by atoms with E-state index in [9.17, 15) is 14.7 Å². The van der Waals surface area contributed by atoms with Crippen LogP contribution < -0.4 is 20.7 Å². The lowest BCUT2D eigenvalue weighted by atomic mass is 10.0. The number of fused-ring (bicyclic) bond motifs is 1. The molecule has 2 amide bonds. The number of nitrogens with zero attached hydrogens (tertiary/aromatic N) is 5. The third kappa shape index (κ3) is 5.14. The van der Waals surface area contributed by atoms with Crippen LogP contribution in [0.15, 0.2) is 36.4 Å². The normalized spacial score (nSPS) is 18.1. The van der Waals surface area contributed by atoms with Crippen molar-refractivity contribution in [1.29, 1.82) is 0 Å². The molecule has 0 bridgehead atoms. The van der Waals surface area contributed by atoms with Gasteiger partial charge in [-0.05, 0) is 50.4 Å². The number of aryl methyl sites for hydroxylation is 1. The zero-order valence-electron chi connectivity index (χ0n) is 21.7. The summed E-state index contributed by atoms with van der Waals surface area (Å²) in [6.07, 6.45) is 1.16. The van der Waals surface area contributed by atoms with Gasteiger partial charge in [0.15, 0.2) is 11.5 Å². The molecule has 0 radical (unpaired) electrons. The summed E-state index contributed by atoms with van der Waals surface area (Å²) in [5.41, 5.74) is 8.35. The first kappa shape index (κ1) is 25.5. The van der Waals surface area contributed by atoms with Crippen LogP contribution in [-0.2, 0) is 0 Å². The van der Waals surface area contributed by atoms with Crippen molar-refractivity contribution in [1.82, 2.24) is 19.8 Å². The highest BCUT2D eigenvalue weighted by molar-refractivity contribution is 6.11. The second-order valence-electron chi connectivity index (χ2n) is 9.87. The average Bonchev–Trinajstić information content (AvgIpc) is 3.32. The zero-order chi connectivity index (χ0) is 26.8. The van der Waals surface area contributed by atoms with E-state index in [-0.39, 0.29) is 23.4 Å². The molecule has 11 nitrogen and oxygen atoms in total. The molecule has 2 saturated heterocycles. The molecule has 0 aliphatic carbocycles. The number of aromatic nitrogens is 2. The molecule has 200 valence electrons. The van der Waals surface area contributed by atoms with Crippen molar-refractivity contribution in [2.45, 2.75) is 25.8 Å². The Morgan fingerprint density at radius 3 is 2.53 bits per heavy atom. The topological polar surface area (TPSA) is 137 Å². The molecule has 1 aromatic heterocycles. The molecule has 2 fully saturated rings. The van der Waals surface area contributed by atoms with Crippen LogP contribution in [0.25, 0.3) is 10.8 Å². The van der Waals surface area contributed by atoms with Crippen LogP contribution in [-0.4, -0.2) is 89.3 Å². The molecule has 0 spiro atoms. The fourth-order valence-corrected chi connectivity index (χ4v) is 5.20. The summed E-state index contributed by atoms with van der Waals surface area (Å²) in [7, 11) is 2.06. The maximum Gasteiger partial charge on any atom is 0.407 e. The van der Waals surface area contributed by atoms with Gasteiger partial charge in [0, 0.05) is 43.3 Å². The minimum absolute atomic E-state index is 0.0241. The number of piperazine rings is 1. The maximum absolute atomic E-state index is 13.6. The van der Waals surface area contributed by atoms with Gasteiger partial charge in [-0.3, -0.25) is 4.79 Å². The van der Waals surface area contributed by atoms with Gasteiger partial charge < -0.3 is 35.6 Å². The number of likely N-dealkylation sites (N-methyl/N-ethyl adjacent to an activating group) is 1. The van der Waals surface area contributed by atoms with Gasteiger partial charge in [0.1, 0.15) is 12.3 Å². The molecule has 11 heteroatoms. The number of rotatable bonds is 6. The van der Waals surface area contributed by atoms with Gasteiger partial charge in [-0.25, -0.2) is 4.79 Å². The summed E-state index contributed by atoms with van der Waals surface area (Å²) in [5.74, 6) is -0.0898. The number of hydrogen-bond acceptors (Lipinski definition) is 8. The second-order valence-corrected chi connectivity index (χ2v) is 9.87. The summed E-state index contributed by atoms with van der Waals surface area (Å²) in [5, 5.41) is 14.3. The van der Waals surface area contributed by atoms with Gasteiger partial charge in [0.25, 0.3) is 5.91 Å². The van der Waals surface area contributed by atoms with Crippen LogP contribution in [0.1, 0.15) is 28.9 Å². The number of hydrogen-bond donors (Lipinski definition) is 3. The molecule has 2 aliphatic heterocycles. The lowest BCUT2D eigenvalue weighted by molar-refractivity contribution is 0.102. The number of likely N-dealkylation sites (tertiary alicyclic amines) is 1. The van der Waals surface area contributed by atoms with E-state index in [2.05, 4.69) is 27.2 Å². The first-order valence-corrected chi connectivity index (χ1v) is 12.8. The number of anilines is 3. The number of benzene rings is 2. The molecule has 2 aliphatic rings. The van der Waals surface area contributed by atoms with E-state index in [4.69, 9.17) is 10.5 Å². The van der Waals surface area contributed by atoms with E-state index in [0.29, 0.717) is 44.3 Å². The highest BCUT2D eigenvalue weighted by atomic mass is 16.5. The number of carbonyl (C=O) groups excluding carboxylic acids is 1. The second kappa shape index (κ2) is 10.7. The Balaban J connectivity index is 1.46. The molecule has 0 unspecified atom stereocenters. The summed E-state index contributed by atoms with van der Waals surface area (Å²) in [6.45, 7) is 4.79. The number of nitrogens with two attached hydrogens (primary N) is 1. The van der Waals surface area contributed by atoms with Crippen molar-refractivity contribution in [3.8, 4) is 6.01 Å². The number of nitrogen functional groups attached to an aromatic ring is 1. The van der Waals surface area contributed by atoms with Crippen LogP contribution in [0.2, 0.25) is 0 Å². The van der Waals surface area contributed by atoms with Crippen LogP contribution in [0.5, 0.6) is 6.01 Å². The van der Waals surface area contributed by atoms with Gasteiger partial charge >= 0.3 is 12.1 Å². The summed E-state index contributed by atoms with van der Waals surface area (Å²) >= 11 is 0. The Labute approximate surface area is 221 Å². The van der Waals surface area contributed by atoms with E-state index < -0.39 is 12.0 Å². The van der Waals surface area contributed by atoms with Crippen molar-refractivity contribution >= 4 is 40.0 Å². The predicted octanol–water partition coefficient (Wildman–Crippen LogP) is 3.05. The van der Waals surface area contributed by atoms with Crippen molar-refractivity contribution in [2.75, 3.05) is 62.3 Å². The number of carboxylic acid groups (broad SMARTS) is 1. The number of carbonyl (C=O) groups is 2. The Morgan fingerprint density at radius 1 is 1.11 bits per heavy atom.